The van der Waals surface area contributed by atoms with E-state index in [1.165, 1.54) is 5.56 Å². The molecule has 2 atom stereocenters. The molecule has 2 aromatic carbocycles. The lowest BCUT2D eigenvalue weighted by Crippen LogP contribution is -2.49. The van der Waals surface area contributed by atoms with Crippen molar-refractivity contribution < 1.29 is 14.3 Å². The third-order valence-electron chi connectivity index (χ3n) is 5.39. The highest BCUT2D eigenvalue weighted by atomic mass is 16.6. The lowest BCUT2D eigenvalue weighted by atomic mass is 9.74. The van der Waals surface area contributed by atoms with Gasteiger partial charge in [-0.15, -0.1) is 0 Å². The van der Waals surface area contributed by atoms with Gasteiger partial charge in [0.15, 0.2) is 0 Å². The Morgan fingerprint density at radius 2 is 1.72 bits per heavy atom. The minimum absolute atomic E-state index is 0.156. The zero-order chi connectivity index (χ0) is 21.1. The van der Waals surface area contributed by atoms with Crippen molar-refractivity contribution in [3.63, 3.8) is 0 Å². The first-order valence-corrected chi connectivity index (χ1v) is 10.4. The fraction of sp³-hybridized carbons (Fsp3) is 0.480. The summed E-state index contributed by atoms with van der Waals surface area (Å²) in [6, 6.07) is 18.5. The minimum Gasteiger partial charge on any atom is -0.485 e. The van der Waals surface area contributed by atoms with E-state index in [0.717, 1.165) is 30.7 Å². The number of aryl methyl sites for hydroxylation is 1. The van der Waals surface area contributed by atoms with Gasteiger partial charge in [-0.3, -0.25) is 0 Å². The van der Waals surface area contributed by atoms with E-state index < -0.39 is 5.60 Å². The van der Waals surface area contributed by atoms with Crippen molar-refractivity contribution in [2.75, 3.05) is 13.1 Å². The van der Waals surface area contributed by atoms with Crippen molar-refractivity contribution in [2.24, 2.45) is 5.41 Å². The maximum atomic E-state index is 12.7. The quantitative estimate of drug-likeness (QED) is 0.623. The summed E-state index contributed by atoms with van der Waals surface area (Å²) in [4.78, 5) is 14.6. The Labute approximate surface area is 174 Å². The number of ether oxygens (including phenoxy) is 2. The molecular weight excluding hydrogens is 362 g/mol. The highest BCUT2D eigenvalue weighted by molar-refractivity contribution is 5.68. The lowest BCUT2D eigenvalue weighted by Gasteiger charge is -2.45. The number of nitrogens with zero attached hydrogens (tertiary/aromatic N) is 1. The van der Waals surface area contributed by atoms with Gasteiger partial charge in [0.1, 0.15) is 17.5 Å². The van der Waals surface area contributed by atoms with Crippen LogP contribution in [0, 0.1) is 12.3 Å². The Morgan fingerprint density at radius 3 is 2.34 bits per heavy atom. The highest BCUT2D eigenvalue weighted by Gasteiger charge is 2.43. The number of hydrogen-bond acceptors (Lipinski definition) is 3. The lowest BCUT2D eigenvalue weighted by molar-refractivity contribution is -0.0256. The summed E-state index contributed by atoms with van der Waals surface area (Å²) in [5, 5.41) is 0. The van der Waals surface area contributed by atoms with Gasteiger partial charge in [0, 0.05) is 18.5 Å². The van der Waals surface area contributed by atoms with Gasteiger partial charge in [-0.05, 0) is 58.2 Å². The van der Waals surface area contributed by atoms with Gasteiger partial charge < -0.3 is 14.4 Å². The van der Waals surface area contributed by atoms with Crippen LogP contribution >= 0.6 is 0 Å². The maximum Gasteiger partial charge on any atom is 0.410 e. The van der Waals surface area contributed by atoms with E-state index >= 15 is 0 Å². The molecular formula is C25H33NO3. The van der Waals surface area contributed by atoms with E-state index in [9.17, 15) is 4.79 Å². The van der Waals surface area contributed by atoms with Crippen molar-refractivity contribution in [3.8, 4) is 5.75 Å². The summed E-state index contributed by atoms with van der Waals surface area (Å²) in [6.45, 7) is 11.3. The number of amides is 1. The Bertz CT molecular complexity index is 810. The molecule has 0 N–H and O–H groups in total. The molecule has 0 radical (unpaired) electrons. The standard InChI is InChI=1S/C25H33NO3/c1-19-12-14-21(15-13-19)28-22(20-10-7-6-8-11-20)25(5)16-9-17-26(18-25)23(27)29-24(2,3)4/h6-8,10-15,22H,9,16-18H2,1-5H3. The Balaban J connectivity index is 1.87. The molecule has 4 nitrogen and oxygen atoms in total. The van der Waals surface area contributed by atoms with E-state index in [1.54, 1.807) is 0 Å². The van der Waals surface area contributed by atoms with E-state index in [-0.39, 0.29) is 17.6 Å². The number of benzene rings is 2. The molecule has 0 bridgehead atoms. The second-order valence-electron chi connectivity index (χ2n) is 9.38. The van der Waals surface area contributed by atoms with E-state index in [1.807, 2.05) is 56.0 Å². The number of carbonyl (C=O) groups is 1. The van der Waals surface area contributed by atoms with Crippen molar-refractivity contribution in [1.29, 1.82) is 0 Å². The zero-order valence-corrected chi connectivity index (χ0v) is 18.3. The summed E-state index contributed by atoms with van der Waals surface area (Å²) in [7, 11) is 0. The van der Waals surface area contributed by atoms with Crippen LogP contribution in [-0.4, -0.2) is 29.7 Å². The summed E-state index contributed by atoms with van der Waals surface area (Å²) in [5.41, 5.74) is 1.61. The topological polar surface area (TPSA) is 38.8 Å². The van der Waals surface area contributed by atoms with Gasteiger partial charge in [-0.2, -0.15) is 0 Å². The van der Waals surface area contributed by atoms with Gasteiger partial charge >= 0.3 is 6.09 Å². The number of likely N-dealkylation sites (tertiary alicyclic amines) is 1. The molecule has 0 spiro atoms. The van der Waals surface area contributed by atoms with Crippen LogP contribution in [0.2, 0.25) is 0 Å². The third-order valence-corrected chi connectivity index (χ3v) is 5.39. The molecule has 1 amide bonds. The van der Waals surface area contributed by atoms with Gasteiger partial charge in [0.2, 0.25) is 0 Å². The highest BCUT2D eigenvalue weighted by Crippen LogP contribution is 2.44. The van der Waals surface area contributed by atoms with Crippen molar-refractivity contribution >= 4 is 6.09 Å². The summed E-state index contributed by atoms with van der Waals surface area (Å²) in [6.07, 6.45) is 1.51. The molecule has 1 aliphatic rings. The molecule has 1 saturated heterocycles. The number of rotatable bonds is 4. The zero-order valence-electron chi connectivity index (χ0n) is 18.3. The Morgan fingerprint density at radius 1 is 1.07 bits per heavy atom. The molecule has 1 fully saturated rings. The van der Waals surface area contributed by atoms with E-state index in [4.69, 9.17) is 9.47 Å². The van der Waals surface area contributed by atoms with Gasteiger partial charge in [0.25, 0.3) is 0 Å². The van der Waals surface area contributed by atoms with Crippen molar-refractivity contribution in [2.45, 2.75) is 59.2 Å². The van der Waals surface area contributed by atoms with Crippen LogP contribution in [-0.2, 0) is 4.74 Å². The molecule has 0 aliphatic carbocycles. The Kier molecular flexibility index (Phi) is 6.21. The molecule has 3 rings (SSSR count). The maximum absolute atomic E-state index is 12.7. The largest absolute Gasteiger partial charge is 0.485 e. The van der Waals surface area contributed by atoms with Gasteiger partial charge in [-0.25, -0.2) is 4.79 Å². The van der Waals surface area contributed by atoms with Crippen LogP contribution in [0.5, 0.6) is 5.75 Å². The van der Waals surface area contributed by atoms with Crippen LogP contribution < -0.4 is 4.74 Å². The molecule has 1 aliphatic heterocycles. The molecule has 2 aromatic rings. The summed E-state index contributed by atoms with van der Waals surface area (Å²) < 4.78 is 12.2. The molecule has 156 valence electrons. The monoisotopic (exact) mass is 395 g/mol. The predicted octanol–water partition coefficient (Wildman–Crippen LogP) is 6.15. The first-order chi connectivity index (χ1) is 13.7. The fourth-order valence-corrected chi connectivity index (χ4v) is 3.96. The third kappa shape index (κ3) is 5.53. The number of piperidine rings is 1. The summed E-state index contributed by atoms with van der Waals surface area (Å²) in [5.74, 6) is 0.847. The van der Waals surface area contributed by atoms with E-state index in [0.29, 0.717) is 6.54 Å². The molecule has 1 heterocycles. The van der Waals surface area contributed by atoms with Crippen LogP contribution in [0.4, 0.5) is 4.79 Å². The fourth-order valence-electron chi connectivity index (χ4n) is 3.96. The molecule has 4 heteroatoms. The van der Waals surface area contributed by atoms with Crippen LogP contribution in [0.25, 0.3) is 0 Å². The molecule has 0 aromatic heterocycles. The average Bonchev–Trinajstić information content (AvgIpc) is 2.67. The van der Waals surface area contributed by atoms with E-state index in [2.05, 4.69) is 38.1 Å². The van der Waals surface area contributed by atoms with Crippen molar-refractivity contribution in [1.82, 2.24) is 4.90 Å². The van der Waals surface area contributed by atoms with Crippen LogP contribution in [0.1, 0.15) is 57.8 Å². The van der Waals surface area contributed by atoms with Gasteiger partial charge in [0.05, 0.1) is 0 Å². The minimum atomic E-state index is -0.498. The first-order valence-electron chi connectivity index (χ1n) is 10.4. The number of hydrogen-bond donors (Lipinski definition) is 0. The predicted molar refractivity (Wildman–Crippen MR) is 116 cm³/mol. The SMILES string of the molecule is Cc1ccc(OC(c2ccccc2)C2(C)CCCN(C(=O)OC(C)(C)C)C2)cc1. The molecule has 0 saturated carbocycles. The second kappa shape index (κ2) is 8.48. The van der Waals surface area contributed by atoms with Crippen LogP contribution in [0.3, 0.4) is 0 Å². The molecule has 29 heavy (non-hydrogen) atoms. The summed E-state index contributed by atoms with van der Waals surface area (Å²) >= 11 is 0. The molecule has 2 unspecified atom stereocenters. The normalized spacial score (nSPS) is 20.8. The Hall–Kier alpha value is -2.49. The second-order valence-corrected chi connectivity index (χ2v) is 9.38. The van der Waals surface area contributed by atoms with Crippen molar-refractivity contribution in [3.05, 3.63) is 65.7 Å². The number of carbonyl (C=O) groups excluding carboxylic acids is 1. The average molecular weight is 396 g/mol. The first kappa shape index (κ1) is 21.2. The van der Waals surface area contributed by atoms with Gasteiger partial charge in [-0.1, -0.05) is 55.0 Å². The smallest absolute Gasteiger partial charge is 0.410 e. The van der Waals surface area contributed by atoms with Crippen LogP contribution in [0.15, 0.2) is 54.6 Å².